The van der Waals surface area contributed by atoms with Crippen molar-refractivity contribution in [3.8, 4) is 0 Å². The maximum Gasteiger partial charge on any atom is 0.123 e. The summed E-state index contributed by atoms with van der Waals surface area (Å²) in [5.74, 6) is -0.213. The first-order chi connectivity index (χ1) is 11.5. The Balaban J connectivity index is 0.00000225. The minimum absolute atomic E-state index is 0. The van der Waals surface area contributed by atoms with Crippen LogP contribution in [0.4, 0.5) is 10.1 Å². The van der Waals surface area contributed by atoms with E-state index in [1.807, 2.05) is 13.2 Å². The fourth-order valence-electron chi connectivity index (χ4n) is 3.30. The van der Waals surface area contributed by atoms with Gasteiger partial charge in [-0.3, -0.25) is 4.98 Å². The third-order valence-electron chi connectivity index (χ3n) is 4.72. The van der Waals surface area contributed by atoms with E-state index in [4.69, 9.17) is 0 Å². The molecule has 0 atom stereocenters. The van der Waals surface area contributed by atoms with Crippen LogP contribution in [0.5, 0.6) is 0 Å². The summed E-state index contributed by atoms with van der Waals surface area (Å²) in [5.41, 5.74) is 5.90. The van der Waals surface area contributed by atoms with E-state index in [9.17, 15) is 4.39 Å². The number of aryl methyl sites for hydroxylation is 2. The van der Waals surface area contributed by atoms with Crippen LogP contribution in [0.2, 0.25) is 0 Å². The van der Waals surface area contributed by atoms with Gasteiger partial charge in [-0.25, -0.2) is 4.39 Å². The monoisotopic (exact) mass is 361 g/mol. The average Bonchev–Trinajstić information content (AvgIpc) is 2.82. The van der Waals surface area contributed by atoms with Crippen molar-refractivity contribution in [2.45, 2.75) is 40.3 Å². The Kier molecular flexibility index (Phi) is 6.07. The molecule has 0 bridgehead atoms. The first-order valence-corrected chi connectivity index (χ1v) is 8.43. The fraction of sp³-hybridized carbons (Fsp3) is 0.350. The number of fused-ring (bicyclic) bond motifs is 1. The summed E-state index contributed by atoms with van der Waals surface area (Å²) in [6.07, 6.45) is 2.98. The highest BCUT2D eigenvalue weighted by Gasteiger charge is 2.16. The van der Waals surface area contributed by atoms with Crippen LogP contribution < -0.4 is 4.90 Å². The molecule has 0 N–H and O–H groups in total. The van der Waals surface area contributed by atoms with E-state index in [1.54, 1.807) is 12.1 Å². The number of anilines is 1. The number of rotatable bonds is 5. The molecule has 0 aliphatic rings. The highest BCUT2D eigenvalue weighted by atomic mass is 35.5. The van der Waals surface area contributed by atoms with Crippen LogP contribution in [0.3, 0.4) is 0 Å². The second-order valence-electron chi connectivity index (χ2n) is 6.35. The van der Waals surface area contributed by atoms with Crippen molar-refractivity contribution < 1.29 is 4.39 Å². The van der Waals surface area contributed by atoms with Gasteiger partial charge in [0.05, 0.1) is 17.8 Å². The van der Waals surface area contributed by atoms with E-state index in [2.05, 4.69) is 41.3 Å². The van der Waals surface area contributed by atoms with Gasteiger partial charge in [0.15, 0.2) is 0 Å². The molecule has 5 heteroatoms. The summed E-state index contributed by atoms with van der Waals surface area (Å²) in [6.45, 7) is 8.24. The number of nitrogens with zero attached hydrogens (tertiary/aromatic N) is 3. The third-order valence-corrected chi connectivity index (χ3v) is 4.72. The predicted molar refractivity (Wildman–Crippen MR) is 105 cm³/mol. The molecule has 134 valence electrons. The molecule has 0 unspecified atom stereocenters. The molecule has 2 aromatic heterocycles. The fourth-order valence-corrected chi connectivity index (χ4v) is 3.30. The number of aromatic nitrogens is 2. The van der Waals surface area contributed by atoms with Gasteiger partial charge in [0, 0.05) is 36.6 Å². The molecule has 0 fully saturated rings. The van der Waals surface area contributed by atoms with Crippen molar-refractivity contribution >= 4 is 29.0 Å². The molecule has 3 nitrogen and oxygen atoms in total. The number of benzene rings is 1. The minimum Gasteiger partial charge on any atom is -0.369 e. The standard InChI is InChI=1S/C20H24FN3.ClH/c1-5-12-24-15(3)14(2)18-10-11-22-19(20(18)24)13-23(4)17-8-6-16(21)7-9-17;/h6-11H,5,12-13H2,1-4H3;1H. The smallest absolute Gasteiger partial charge is 0.123 e. The van der Waals surface area contributed by atoms with Gasteiger partial charge in [-0.1, -0.05) is 6.92 Å². The molecule has 3 rings (SSSR count). The molecule has 0 spiro atoms. The van der Waals surface area contributed by atoms with Crippen LogP contribution in [0.15, 0.2) is 36.5 Å². The number of pyridine rings is 1. The lowest BCUT2D eigenvalue weighted by atomic mass is 10.1. The van der Waals surface area contributed by atoms with Crippen molar-refractivity contribution in [3.05, 3.63) is 59.3 Å². The van der Waals surface area contributed by atoms with E-state index in [0.717, 1.165) is 24.3 Å². The molecular weight excluding hydrogens is 337 g/mol. The summed E-state index contributed by atoms with van der Waals surface area (Å²) in [5, 5.41) is 1.28. The second-order valence-corrected chi connectivity index (χ2v) is 6.35. The van der Waals surface area contributed by atoms with Crippen LogP contribution in [0.25, 0.3) is 10.9 Å². The van der Waals surface area contributed by atoms with Crippen molar-refractivity contribution in [2.75, 3.05) is 11.9 Å². The zero-order valence-electron chi connectivity index (χ0n) is 15.2. The zero-order chi connectivity index (χ0) is 17.3. The van der Waals surface area contributed by atoms with Gasteiger partial charge in [-0.15, -0.1) is 12.4 Å². The molecule has 2 heterocycles. The summed E-state index contributed by atoms with van der Waals surface area (Å²) in [7, 11) is 2.01. The van der Waals surface area contributed by atoms with Gasteiger partial charge in [-0.05, 0) is 56.2 Å². The van der Waals surface area contributed by atoms with Crippen molar-refractivity contribution in [3.63, 3.8) is 0 Å². The lowest BCUT2D eigenvalue weighted by Crippen LogP contribution is -2.18. The highest BCUT2D eigenvalue weighted by Crippen LogP contribution is 2.28. The topological polar surface area (TPSA) is 21.1 Å². The first-order valence-electron chi connectivity index (χ1n) is 8.43. The zero-order valence-corrected chi connectivity index (χ0v) is 16.0. The largest absolute Gasteiger partial charge is 0.369 e. The van der Waals surface area contributed by atoms with E-state index < -0.39 is 0 Å². The van der Waals surface area contributed by atoms with Crippen LogP contribution in [-0.2, 0) is 13.1 Å². The Labute approximate surface area is 154 Å². The normalized spacial score (nSPS) is 10.8. The Hall–Kier alpha value is -2.07. The van der Waals surface area contributed by atoms with Crippen molar-refractivity contribution in [1.29, 1.82) is 0 Å². The molecule has 3 aromatic rings. The molecule has 25 heavy (non-hydrogen) atoms. The van der Waals surface area contributed by atoms with Gasteiger partial charge < -0.3 is 9.47 Å². The average molecular weight is 362 g/mol. The van der Waals surface area contributed by atoms with Gasteiger partial charge in [0.2, 0.25) is 0 Å². The van der Waals surface area contributed by atoms with Gasteiger partial charge >= 0.3 is 0 Å². The number of hydrogen-bond acceptors (Lipinski definition) is 2. The summed E-state index contributed by atoms with van der Waals surface area (Å²) in [6, 6.07) is 8.70. The maximum atomic E-state index is 13.1. The van der Waals surface area contributed by atoms with Gasteiger partial charge in [0.25, 0.3) is 0 Å². The van der Waals surface area contributed by atoms with Crippen LogP contribution >= 0.6 is 12.4 Å². The molecule has 0 saturated carbocycles. The summed E-state index contributed by atoms with van der Waals surface area (Å²) >= 11 is 0. The molecular formula is C20H25ClFN3. The Bertz CT molecular complexity index is 855. The van der Waals surface area contributed by atoms with Crippen molar-refractivity contribution in [1.82, 2.24) is 9.55 Å². The van der Waals surface area contributed by atoms with E-state index >= 15 is 0 Å². The summed E-state index contributed by atoms with van der Waals surface area (Å²) in [4.78, 5) is 6.76. The molecule has 0 radical (unpaired) electrons. The number of halogens is 2. The van der Waals surface area contributed by atoms with E-state index in [-0.39, 0.29) is 18.2 Å². The predicted octanol–water partition coefficient (Wildman–Crippen LogP) is 5.26. The maximum absolute atomic E-state index is 13.1. The third kappa shape index (κ3) is 3.64. The van der Waals surface area contributed by atoms with E-state index in [0.29, 0.717) is 6.54 Å². The number of hydrogen-bond donors (Lipinski definition) is 0. The molecule has 0 saturated heterocycles. The minimum atomic E-state index is -0.213. The lowest BCUT2D eigenvalue weighted by molar-refractivity contribution is 0.627. The van der Waals surface area contributed by atoms with Crippen molar-refractivity contribution in [2.24, 2.45) is 0 Å². The Morgan fingerprint density at radius 1 is 1.12 bits per heavy atom. The van der Waals surface area contributed by atoms with Crippen LogP contribution in [0, 0.1) is 19.7 Å². The van der Waals surface area contributed by atoms with Crippen LogP contribution in [-0.4, -0.2) is 16.6 Å². The quantitative estimate of drug-likeness (QED) is 0.618. The van der Waals surface area contributed by atoms with E-state index in [1.165, 1.54) is 34.3 Å². The Morgan fingerprint density at radius 3 is 2.44 bits per heavy atom. The van der Waals surface area contributed by atoms with Gasteiger partial charge in [-0.2, -0.15) is 0 Å². The summed E-state index contributed by atoms with van der Waals surface area (Å²) < 4.78 is 15.5. The molecule has 0 amide bonds. The Morgan fingerprint density at radius 2 is 1.80 bits per heavy atom. The lowest BCUT2D eigenvalue weighted by Gasteiger charge is -2.20. The molecule has 1 aromatic carbocycles. The van der Waals surface area contributed by atoms with Gasteiger partial charge in [0.1, 0.15) is 5.82 Å². The molecule has 0 aliphatic heterocycles. The SMILES string of the molecule is CCCn1c(C)c(C)c2ccnc(CN(C)c3ccc(F)cc3)c21.Cl. The highest BCUT2D eigenvalue weighted by molar-refractivity contribution is 5.87. The first kappa shape index (κ1) is 19.3. The second kappa shape index (κ2) is 7.87. The van der Waals surface area contributed by atoms with Crippen LogP contribution in [0.1, 0.15) is 30.3 Å². The molecule has 0 aliphatic carbocycles.